The highest BCUT2D eigenvalue weighted by molar-refractivity contribution is 5.97. The van der Waals surface area contributed by atoms with E-state index in [1.54, 1.807) is 0 Å². The van der Waals surface area contributed by atoms with Crippen LogP contribution in [0.25, 0.3) is 0 Å². The van der Waals surface area contributed by atoms with E-state index in [-0.39, 0.29) is 11.7 Å². The Bertz CT molecular complexity index is 551. The number of hydrogen-bond donors (Lipinski definition) is 0. The highest BCUT2D eigenvalue weighted by atomic mass is 16.1. The second-order valence-electron chi connectivity index (χ2n) is 5.17. The van der Waals surface area contributed by atoms with Crippen molar-refractivity contribution in [3.63, 3.8) is 0 Å². The number of imidazole rings is 1. The summed E-state index contributed by atoms with van der Waals surface area (Å²) < 4.78 is 4.20. The number of nitrogens with zero attached hydrogens (tertiary/aromatic N) is 3. The Morgan fingerprint density at radius 1 is 1.42 bits per heavy atom. The summed E-state index contributed by atoms with van der Waals surface area (Å²) in [5.41, 5.74) is 1.96. The van der Waals surface area contributed by atoms with Gasteiger partial charge in [0.1, 0.15) is 0 Å². The van der Waals surface area contributed by atoms with Gasteiger partial charge in [-0.15, -0.1) is 0 Å². The minimum absolute atomic E-state index is 0.0430. The molecule has 0 aliphatic heterocycles. The predicted octanol–water partition coefficient (Wildman–Crippen LogP) is 2.98. The zero-order valence-electron chi connectivity index (χ0n) is 11.8. The maximum absolute atomic E-state index is 11.9. The number of ketones is 1. The summed E-state index contributed by atoms with van der Waals surface area (Å²) in [5, 5.41) is 0. The number of carbonyl (C=O) groups excluding carboxylic acids is 1. The van der Waals surface area contributed by atoms with Gasteiger partial charge in [0, 0.05) is 36.6 Å². The third-order valence-electron chi connectivity index (χ3n) is 3.17. The van der Waals surface area contributed by atoms with E-state index in [2.05, 4.69) is 16.5 Å². The molecule has 0 atom stereocenters. The van der Waals surface area contributed by atoms with Crippen LogP contribution in [0.3, 0.4) is 0 Å². The Kier molecular flexibility index (Phi) is 4.20. The topological polar surface area (TPSA) is 39.8 Å². The molecule has 0 unspecified atom stereocenters. The first kappa shape index (κ1) is 13.6. The quantitative estimate of drug-likeness (QED) is 0.748. The van der Waals surface area contributed by atoms with E-state index >= 15 is 0 Å². The van der Waals surface area contributed by atoms with Gasteiger partial charge in [-0.05, 0) is 12.5 Å². The van der Waals surface area contributed by atoms with Crippen molar-refractivity contribution in [3.8, 4) is 0 Å². The summed E-state index contributed by atoms with van der Waals surface area (Å²) >= 11 is 0. The summed E-state index contributed by atoms with van der Waals surface area (Å²) in [5.74, 6) is 0.238. The molecule has 102 valence electrons. The van der Waals surface area contributed by atoms with E-state index < -0.39 is 0 Å². The molecule has 2 heterocycles. The molecule has 4 nitrogen and oxygen atoms in total. The average Bonchev–Trinajstić information content (AvgIpc) is 3.00. The van der Waals surface area contributed by atoms with Crippen molar-refractivity contribution in [1.82, 2.24) is 14.1 Å². The lowest BCUT2D eigenvalue weighted by Gasteiger charge is -2.07. The number of rotatable bonds is 6. The molecule has 0 radical (unpaired) electrons. The Hall–Kier alpha value is -1.84. The van der Waals surface area contributed by atoms with E-state index in [0.717, 1.165) is 25.1 Å². The van der Waals surface area contributed by atoms with Crippen LogP contribution in [-0.2, 0) is 13.1 Å². The van der Waals surface area contributed by atoms with Crippen LogP contribution in [0.2, 0.25) is 0 Å². The zero-order valence-corrected chi connectivity index (χ0v) is 11.8. The molecule has 0 amide bonds. The molecule has 19 heavy (non-hydrogen) atoms. The van der Waals surface area contributed by atoms with Crippen LogP contribution in [-0.4, -0.2) is 19.9 Å². The molecule has 0 saturated heterocycles. The van der Waals surface area contributed by atoms with Crippen molar-refractivity contribution in [2.45, 2.75) is 40.3 Å². The highest BCUT2D eigenvalue weighted by Crippen LogP contribution is 2.11. The Morgan fingerprint density at radius 2 is 2.21 bits per heavy atom. The first-order chi connectivity index (χ1) is 9.11. The van der Waals surface area contributed by atoms with E-state index in [1.807, 2.05) is 49.4 Å². The molecule has 2 aromatic heterocycles. The fourth-order valence-electron chi connectivity index (χ4n) is 2.13. The van der Waals surface area contributed by atoms with Crippen LogP contribution in [0.15, 0.2) is 31.0 Å². The number of carbonyl (C=O) groups is 1. The fourth-order valence-corrected chi connectivity index (χ4v) is 2.13. The van der Waals surface area contributed by atoms with Crippen LogP contribution in [0.4, 0.5) is 0 Å². The minimum atomic E-state index is 0.0430. The summed E-state index contributed by atoms with van der Waals surface area (Å²) in [6.45, 7) is 7.74. The number of hydrogen-bond acceptors (Lipinski definition) is 2. The molecule has 0 spiro atoms. The maximum Gasteiger partial charge on any atom is 0.166 e. The van der Waals surface area contributed by atoms with Crippen LogP contribution in [0, 0.1) is 5.92 Å². The molecular formula is C15H21N3O. The van der Waals surface area contributed by atoms with Crippen molar-refractivity contribution >= 4 is 5.78 Å². The van der Waals surface area contributed by atoms with Crippen LogP contribution >= 0.6 is 0 Å². The van der Waals surface area contributed by atoms with Gasteiger partial charge < -0.3 is 9.13 Å². The monoisotopic (exact) mass is 259 g/mol. The molecule has 0 aliphatic rings. The molecule has 2 rings (SSSR count). The lowest BCUT2D eigenvalue weighted by molar-refractivity contribution is 0.0939. The molecular weight excluding hydrogens is 238 g/mol. The van der Waals surface area contributed by atoms with Gasteiger partial charge in [-0.1, -0.05) is 20.8 Å². The summed E-state index contributed by atoms with van der Waals surface area (Å²) in [6, 6.07) is 1.89. The average molecular weight is 259 g/mol. The normalized spacial score (nSPS) is 11.2. The van der Waals surface area contributed by atoms with Gasteiger partial charge >= 0.3 is 0 Å². The first-order valence-corrected chi connectivity index (χ1v) is 6.80. The molecule has 0 N–H and O–H groups in total. The lowest BCUT2D eigenvalue weighted by Crippen LogP contribution is -2.07. The van der Waals surface area contributed by atoms with Gasteiger partial charge in [0.25, 0.3) is 0 Å². The highest BCUT2D eigenvalue weighted by Gasteiger charge is 2.12. The van der Waals surface area contributed by atoms with Crippen LogP contribution in [0.5, 0.6) is 0 Å². The second kappa shape index (κ2) is 5.87. The molecule has 2 aromatic rings. The van der Waals surface area contributed by atoms with Crippen LogP contribution < -0.4 is 0 Å². The molecule has 0 aromatic carbocycles. The van der Waals surface area contributed by atoms with Crippen molar-refractivity contribution < 1.29 is 4.79 Å². The second-order valence-corrected chi connectivity index (χ2v) is 5.17. The van der Waals surface area contributed by atoms with Crippen molar-refractivity contribution in [3.05, 3.63) is 42.2 Å². The van der Waals surface area contributed by atoms with E-state index in [0.29, 0.717) is 0 Å². The molecule has 0 saturated carbocycles. The number of Topliss-reactive ketones (excluding diaryl/α,β-unsaturated/α-hetero) is 1. The Balaban J connectivity index is 2.11. The Morgan fingerprint density at radius 3 is 2.89 bits per heavy atom. The zero-order chi connectivity index (χ0) is 13.8. The lowest BCUT2D eigenvalue weighted by atomic mass is 10.0. The fraction of sp³-hybridized carbons (Fsp3) is 0.467. The predicted molar refractivity (Wildman–Crippen MR) is 75.2 cm³/mol. The molecule has 0 bridgehead atoms. The van der Waals surface area contributed by atoms with Crippen LogP contribution in [0.1, 0.15) is 43.2 Å². The van der Waals surface area contributed by atoms with E-state index in [9.17, 15) is 4.79 Å². The van der Waals surface area contributed by atoms with Gasteiger partial charge in [-0.2, -0.15) is 0 Å². The maximum atomic E-state index is 11.9. The van der Waals surface area contributed by atoms with Gasteiger partial charge in [0.2, 0.25) is 0 Å². The van der Waals surface area contributed by atoms with E-state index in [4.69, 9.17) is 0 Å². The third-order valence-corrected chi connectivity index (χ3v) is 3.17. The third kappa shape index (κ3) is 3.13. The molecule has 4 heteroatoms. The van der Waals surface area contributed by atoms with Crippen molar-refractivity contribution in [2.24, 2.45) is 5.92 Å². The number of aryl methyl sites for hydroxylation is 1. The van der Waals surface area contributed by atoms with Crippen molar-refractivity contribution in [1.29, 1.82) is 0 Å². The van der Waals surface area contributed by atoms with Gasteiger partial charge in [-0.3, -0.25) is 4.79 Å². The summed E-state index contributed by atoms with van der Waals surface area (Å²) in [4.78, 5) is 16.1. The molecule has 0 fully saturated rings. The summed E-state index contributed by atoms with van der Waals surface area (Å²) in [6.07, 6.45) is 8.72. The standard InChI is InChI=1S/C15H21N3O/c1-4-6-18-11-16-8-14(18)10-17-7-5-13(9-17)15(19)12(2)3/h5,7-9,11-12H,4,6,10H2,1-3H3. The first-order valence-electron chi connectivity index (χ1n) is 6.80. The SMILES string of the molecule is CCCn1cncc1Cn1ccc(C(=O)C(C)C)c1. The molecule has 0 aliphatic carbocycles. The van der Waals surface area contributed by atoms with Gasteiger partial charge in [-0.25, -0.2) is 4.98 Å². The van der Waals surface area contributed by atoms with Gasteiger partial charge in [0.15, 0.2) is 5.78 Å². The summed E-state index contributed by atoms with van der Waals surface area (Å²) in [7, 11) is 0. The van der Waals surface area contributed by atoms with E-state index in [1.165, 1.54) is 5.69 Å². The largest absolute Gasteiger partial charge is 0.348 e. The minimum Gasteiger partial charge on any atom is -0.348 e. The van der Waals surface area contributed by atoms with Crippen molar-refractivity contribution in [2.75, 3.05) is 0 Å². The Labute approximate surface area is 114 Å². The van der Waals surface area contributed by atoms with Gasteiger partial charge in [0.05, 0.1) is 18.6 Å². The smallest absolute Gasteiger partial charge is 0.166 e. The number of aromatic nitrogens is 3.